The zero-order valence-electron chi connectivity index (χ0n) is 6.33. The summed E-state index contributed by atoms with van der Waals surface area (Å²) in [5.41, 5.74) is 1.25. The molecule has 1 rings (SSSR count). The van der Waals surface area contributed by atoms with E-state index < -0.39 is 0 Å². The minimum absolute atomic E-state index is 0. The zero-order valence-corrected chi connectivity index (χ0v) is 7.97. The summed E-state index contributed by atoms with van der Waals surface area (Å²) in [6.07, 6.45) is 4.81. The third kappa shape index (κ3) is 5.07. The summed E-state index contributed by atoms with van der Waals surface area (Å²) in [5.74, 6) is 0. The van der Waals surface area contributed by atoms with Crippen LogP contribution in [0.2, 0.25) is 0 Å². The number of aromatic amines is 1. The lowest BCUT2D eigenvalue weighted by atomic mass is 10.3. The predicted octanol–water partition coefficient (Wildman–Crippen LogP) is 1.02. The van der Waals surface area contributed by atoms with Crippen molar-refractivity contribution >= 4 is 24.8 Å². The Bertz CT molecular complexity index is 153. The fraction of sp³-hybridized carbons (Fsp3) is 0.500. The summed E-state index contributed by atoms with van der Waals surface area (Å²) in [5, 5.41) is 9.65. The van der Waals surface area contributed by atoms with E-state index in [2.05, 4.69) is 15.5 Å². The summed E-state index contributed by atoms with van der Waals surface area (Å²) in [6, 6.07) is 0. The van der Waals surface area contributed by atoms with Crippen LogP contribution in [0.15, 0.2) is 12.4 Å². The maximum absolute atomic E-state index is 3.82. The van der Waals surface area contributed by atoms with Crippen LogP contribution in [-0.4, -0.2) is 23.8 Å². The summed E-state index contributed by atoms with van der Waals surface area (Å²) in [4.78, 5) is 0. The van der Waals surface area contributed by atoms with E-state index >= 15 is 0 Å². The molecule has 2 N–H and O–H groups in total. The third-order valence-electron chi connectivity index (χ3n) is 1.22. The molecule has 0 aliphatic carbocycles. The van der Waals surface area contributed by atoms with E-state index in [0.29, 0.717) is 0 Å². The van der Waals surface area contributed by atoms with Crippen molar-refractivity contribution in [2.75, 3.05) is 13.6 Å². The largest absolute Gasteiger partial charge is 0.319 e. The van der Waals surface area contributed by atoms with Gasteiger partial charge in [0.25, 0.3) is 0 Å². The minimum atomic E-state index is 0. The van der Waals surface area contributed by atoms with E-state index in [9.17, 15) is 0 Å². The fourth-order valence-corrected chi connectivity index (χ4v) is 0.684. The molecule has 0 unspecified atom stereocenters. The molecule has 11 heavy (non-hydrogen) atoms. The van der Waals surface area contributed by atoms with Gasteiger partial charge in [-0.05, 0) is 25.6 Å². The van der Waals surface area contributed by atoms with Crippen molar-refractivity contribution in [3.63, 3.8) is 0 Å². The first-order valence-corrected chi connectivity index (χ1v) is 3.05. The SMILES string of the molecule is CNCCc1cn[nH]c1.Cl.Cl. The van der Waals surface area contributed by atoms with E-state index in [0.717, 1.165) is 13.0 Å². The zero-order chi connectivity index (χ0) is 6.53. The first kappa shape index (κ1) is 13.3. The van der Waals surface area contributed by atoms with Gasteiger partial charge in [0, 0.05) is 6.20 Å². The second-order valence-electron chi connectivity index (χ2n) is 1.96. The van der Waals surface area contributed by atoms with Gasteiger partial charge in [0.15, 0.2) is 0 Å². The quantitative estimate of drug-likeness (QED) is 0.761. The van der Waals surface area contributed by atoms with Gasteiger partial charge in [-0.2, -0.15) is 5.10 Å². The van der Waals surface area contributed by atoms with Crippen molar-refractivity contribution < 1.29 is 0 Å². The molecule has 0 aliphatic rings. The number of nitrogens with one attached hydrogen (secondary N) is 2. The number of nitrogens with zero attached hydrogens (tertiary/aromatic N) is 1. The van der Waals surface area contributed by atoms with Crippen molar-refractivity contribution in [2.24, 2.45) is 0 Å². The number of hydrogen-bond acceptors (Lipinski definition) is 2. The van der Waals surface area contributed by atoms with Crippen LogP contribution in [0, 0.1) is 0 Å². The van der Waals surface area contributed by atoms with E-state index in [1.807, 2.05) is 19.4 Å². The highest BCUT2D eigenvalue weighted by molar-refractivity contribution is 5.85. The molecule has 66 valence electrons. The van der Waals surface area contributed by atoms with Crippen molar-refractivity contribution in [3.8, 4) is 0 Å². The van der Waals surface area contributed by atoms with Crippen LogP contribution in [-0.2, 0) is 6.42 Å². The fourth-order valence-electron chi connectivity index (χ4n) is 0.684. The van der Waals surface area contributed by atoms with Crippen LogP contribution in [0.5, 0.6) is 0 Å². The summed E-state index contributed by atoms with van der Waals surface area (Å²) < 4.78 is 0. The molecule has 1 aromatic rings. The number of H-pyrrole nitrogens is 1. The van der Waals surface area contributed by atoms with E-state index in [1.165, 1.54) is 5.56 Å². The molecular weight excluding hydrogens is 185 g/mol. The molecule has 5 heteroatoms. The molecule has 0 aromatic carbocycles. The van der Waals surface area contributed by atoms with Crippen molar-refractivity contribution in [2.45, 2.75) is 6.42 Å². The molecule has 1 heterocycles. The monoisotopic (exact) mass is 197 g/mol. The Labute approximate surface area is 78.8 Å². The molecule has 0 saturated carbocycles. The molecule has 0 atom stereocenters. The Balaban J connectivity index is 0. The van der Waals surface area contributed by atoms with Crippen LogP contribution in [0.1, 0.15) is 5.56 Å². The number of halogens is 2. The highest BCUT2D eigenvalue weighted by Gasteiger charge is 1.89. The number of aromatic nitrogens is 2. The number of hydrogen-bond donors (Lipinski definition) is 2. The lowest BCUT2D eigenvalue weighted by Gasteiger charge is -1.92. The maximum Gasteiger partial charge on any atom is 0.0519 e. The van der Waals surface area contributed by atoms with E-state index in [4.69, 9.17) is 0 Å². The van der Waals surface area contributed by atoms with Gasteiger partial charge in [-0.3, -0.25) is 5.10 Å². The molecule has 0 spiro atoms. The molecule has 0 saturated heterocycles. The molecule has 0 amide bonds. The highest BCUT2D eigenvalue weighted by Crippen LogP contribution is 1.92. The Kier molecular flexibility index (Phi) is 9.53. The van der Waals surface area contributed by atoms with E-state index in [-0.39, 0.29) is 24.8 Å². The smallest absolute Gasteiger partial charge is 0.0519 e. The Morgan fingerprint density at radius 1 is 1.55 bits per heavy atom. The average molecular weight is 198 g/mol. The van der Waals surface area contributed by atoms with Gasteiger partial charge in [0.1, 0.15) is 0 Å². The Morgan fingerprint density at radius 2 is 2.27 bits per heavy atom. The van der Waals surface area contributed by atoms with Crippen molar-refractivity contribution in [1.82, 2.24) is 15.5 Å². The first-order chi connectivity index (χ1) is 4.43. The van der Waals surface area contributed by atoms with Crippen LogP contribution >= 0.6 is 24.8 Å². The van der Waals surface area contributed by atoms with Gasteiger partial charge in [0.05, 0.1) is 6.20 Å². The standard InChI is InChI=1S/C6H11N3.2ClH/c1-7-3-2-6-4-8-9-5-6;;/h4-5,7H,2-3H2,1H3,(H,8,9);2*1H. The molecule has 0 fully saturated rings. The van der Waals surface area contributed by atoms with Gasteiger partial charge >= 0.3 is 0 Å². The number of rotatable bonds is 3. The van der Waals surface area contributed by atoms with Gasteiger partial charge < -0.3 is 5.32 Å². The van der Waals surface area contributed by atoms with Gasteiger partial charge in [-0.1, -0.05) is 0 Å². The second-order valence-corrected chi connectivity index (χ2v) is 1.96. The third-order valence-corrected chi connectivity index (χ3v) is 1.22. The van der Waals surface area contributed by atoms with Crippen LogP contribution in [0.25, 0.3) is 0 Å². The van der Waals surface area contributed by atoms with Crippen LogP contribution in [0.3, 0.4) is 0 Å². The lowest BCUT2D eigenvalue weighted by Crippen LogP contribution is -2.09. The number of likely N-dealkylation sites (N-methyl/N-ethyl adjacent to an activating group) is 1. The van der Waals surface area contributed by atoms with Crippen LogP contribution in [0.4, 0.5) is 0 Å². The van der Waals surface area contributed by atoms with Crippen molar-refractivity contribution in [3.05, 3.63) is 18.0 Å². The maximum atomic E-state index is 3.82. The lowest BCUT2D eigenvalue weighted by molar-refractivity contribution is 0.792. The molecule has 1 aromatic heterocycles. The molecule has 0 radical (unpaired) electrons. The highest BCUT2D eigenvalue weighted by atomic mass is 35.5. The van der Waals surface area contributed by atoms with Crippen molar-refractivity contribution in [1.29, 1.82) is 0 Å². The summed E-state index contributed by atoms with van der Waals surface area (Å²) >= 11 is 0. The predicted molar refractivity (Wildman–Crippen MR) is 50.7 cm³/mol. The van der Waals surface area contributed by atoms with Gasteiger partial charge in [-0.25, -0.2) is 0 Å². The molecule has 0 bridgehead atoms. The van der Waals surface area contributed by atoms with Crippen LogP contribution < -0.4 is 5.32 Å². The van der Waals surface area contributed by atoms with Gasteiger partial charge in [0.2, 0.25) is 0 Å². The molecular formula is C6H13Cl2N3. The van der Waals surface area contributed by atoms with Gasteiger partial charge in [-0.15, -0.1) is 24.8 Å². The minimum Gasteiger partial charge on any atom is -0.319 e. The molecule has 3 nitrogen and oxygen atoms in total. The summed E-state index contributed by atoms with van der Waals surface area (Å²) in [7, 11) is 1.94. The Hall–Kier alpha value is -0.250. The molecule has 0 aliphatic heterocycles. The normalized spacial score (nSPS) is 8.09. The van der Waals surface area contributed by atoms with E-state index in [1.54, 1.807) is 0 Å². The Morgan fingerprint density at radius 3 is 2.73 bits per heavy atom. The average Bonchev–Trinajstić information content (AvgIpc) is 2.34. The topological polar surface area (TPSA) is 40.7 Å². The second kappa shape index (κ2) is 7.85. The summed E-state index contributed by atoms with van der Waals surface area (Å²) in [6.45, 7) is 1.01. The first-order valence-electron chi connectivity index (χ1n) is 3.05.